The minimum absolute atomic E-state index is 0.0763. The number of carbonyl (C=O) groups excluding carboxylic acids is 2. The summed E-state index contributed by atoms with van der Waals surface area (Å²) in [6.07, 6.45) is 3.51. The zero-order chi connectivity index (χ0) is 19.6. The van der Waals surface area contributed by atoms with Gasteiger partial charge in [0.2, 0.25) is 0 Å². The first-order valence-electron chi connectivity index (χ1n) is 8.71. The van der Waals surface area contributed by atoms with Crippen molar-refractivity contribution < 1.29 is 19.1 Å². The fourth-order valence-corrected chi connectivity index (χ4v) is 2.22. The molecule has 0 aromatic heterocycles. The first-order chi connectivity index (χ1) is 13.0. The monoisotopic (exact) mass is 363 g/mol. The number of hydrogen-bond acceptors (Lipinski definition) is 5. The molecule has 0 spiro atoms. The number of benzene rings is 2. The Bertz CT molecular complexity index is 859. The largest absolute Gasteiger partial charge is 0.494 e. The van der Waals surface area contributed by atoms with Crippen LogP contribution < -0.4 is 9.47 Å². The summed E-state index contributed by atoms with van der Waals surface area (Å²) in [7, 11) is 0. The van der Waals surface area contributed by atoms with Crippen molar-refractivity contribution in [2.75, 3.05) is 6.61 Å². The van der Waals surface area contributed by atoms with E-state index in [1.54, 1.807) is 36.4 Å². The summed E-state index contributed by atoms with van der Waals surface area (Å²) < 4.78 is 10.8. The molecule has 0 amide bonds. The van der Waals surface area contributed by atoms with Crippen LogP contribution in [-0.4, -0.2) is 18.4 Å². The molecular weight excluding hydrogens is 342 g/mol. The van der Waals surface area contributed by atoms with Crippen LogP contribution in [0.4, 0.5) is 0 Å². The molecule has 0 radical (unpaired) electrons. The standard InChI is InChI=1S/C22H21NO4/c1-3-4-13-26-20-9-5-17(6-10-20)14-19(15-23)22(25)27-21-11-7-18(8-12-21)16(2)24/h5-12,14H,3-4,13H2,1-2H3. The van der Waals surface area contributed by atoms with Gasteiger partial charge in [0.05, 0.1) is 6.61 Å². The Morgan fingerprint density at radius 1 is 1.04 bits per heavy atom. The van der Waals surface area contributed by atoms with Gasteiger partial charge < -0.3 is 9.47 Å². The molecule has 138 valence electrons. The van der Waals surface area contributed by atoms with Crippen LogP contribution in [0.3, 0.4) is 0 Å². The van der Waals surface area contributed by atoms with Crippen molar-refractivity contribution in [3.05, 3.63) is 65.2 Å². The van der Waals surface area contributed by atoms with Gasteiger partial charge in [0, 0.05) is 5.56 Å². The molecule has 0 saturated carbocycles. The molecule has 5 nitrogen and oxygen atoms in total. The SMILES string of the molecule is CCCCOc1ccc(C=C(C#N)C(=O)Oc2ccc(C(C)=O)cc2)cc1. The molecule has 0 heterocycles. The number of nitrogens with zero attached hydrogens (tertiary/aromatic N) is 1. The number of hydrogen-bond donors (Lipinski definition) is 0. The molecule has 0 bridgehead atoms. The second-order valence-electron chi connectivity index (χ2n) is 5.91. The van der Waals surface area contributed by atoms with Crippen molar-refractivity contribution in [2.45, 2.75) is 26.7 Å². The lowest BCUT2D eigenvalue weighted by molar-refractivity contribution is -0.129. The Kier molecular flexibility index (Phi) is 7.33. The number of carbonyl (C=O) groups is 2. The lowest BCUT2D eigenvalue weighted by Crippen LogP contribution is -2.10. The summed E-state index contributed by atoms with van der Waals surface area (Å²) in [4.78, 5) is 23.5. The molecule has 2 aromatic rings. The van der Waals surface area contributed by atoms with Crippen molar-refractivity contribution in [3.63, 3.8) is 0 Å². The van der Waals surface area contributed by atoms with E-state index in [0.29, 0.717) is 17.7 Å². The third-order valence-electron chi connectivity index (χ3n) is 3.77. The predicted molar refractivity (Wildman–Crippen MR) is 103 cm³/mol. The number of unbranched alkanes of at least 4 members (excludes halogenated alkanes) is 1. The summed E-state index contributed by atoms with van der Waals surface area (Å²) in [6.45, 7) is 4.21. The van der Waals surface area contributed by atoms with Gasteiger partial charge in [-0.15, -0.1) is 0 Å². The Balaban J connectivity index is 2.05. The second kappa shape index (κ2) is 9.93. The average molecular weight is 363 g/mol. The fourth-order valence-electron chi connectivity index (χ4n) is 2.22. The molecule has 0 unspecified atom stereocenters. The highest BCUT2D eigenvalue weighted by atomic mass is 16.5. The van der Waals surface area contributed by atoms with E-state index in [1.165, 1.54) is 25.1 Å². The fraction of sp³-hybridized carbons (Fsp3) is 0.227. The van der Waals surface area contributed by atoms with Gasteiger partial charge in [0.25, 0.3) is 0 Å². The molecule has 0 N–H and O–H groups in total. The number of ether oxygens (including phenoxy) is 2. The van der Waals surface area contributed by atoms with E-state index in [9.17, 15) is 14.9 Å². The van der Waals surface area contributed by atoms with Crippen LogP contribution in [0.25, 0.3) is 6.08 Å². The van der Waals surface area contributed by atoms with Crippen LogP contribution in [0.15, 0.2) is 54.1 Å². The minimum atomic E-state index is -0.753. The molecule has 2 rings (SSSR count). The lowest BCUT2D eigenvalue weighted by Gasteiger charge is -2.06. The number of rotatable bonds is 8. The van der Waals surface area contributed by atoms with Crippen LogP contribution in [0.5, 0.6) is 11.5 Å². The quantitative estimate of drug-likeness (QED) is 0.171. The maximum absolute atomic E-state index is 12.2. The van der Waals surface area contributed by atoms with Gasteiger partial charge in [-0.3, -0.25) is 4.79 Å². The summed E-state index contributed by atoms with van der Waals surface area (Å²) in [6, 6.07) is 15.2. The second-order valence-corrected chi connectivity index (χ2v) is 5.91. The average Bonchev–Trinajstić information content (AvgIpc) is 2.67. The zero-order valence-electron chi connectivity index (χ0n) is 15.4. The van der Waals surface area contributed by atoms with Gasteiger partial charge in [-0.05, 0) is 61.4 Å². The molecule has 0 atom stereocenters. The number of Topliss-reactive ketones (excluding diaryl/α,β-unsaturated/α-hetero) is 1. The maximum Gasteiger partial charge on any atom is 0.354 e. The third-order valence-corrected chi connectivity index (χ3v) is 3.77. The van der Waals surface area contributed by atoms with E-state index in [-0.39, 0.29) is 17.1 Å². The number of nitriles is 1. The van der Waals surface area contributed by atoms with E-state index in [2.05, 4.69) is 6.92 Å². The van der Waals surface area contributed by atoms with Crippen LogP contribution in [0.2, 0.25) is 0 Å². The van der Waals surface area contributed by atoms with E-state index in [4.69, 9.17) is 9.47 Å². The Hall–Kier alpha value is -3.39. The van der Waals surface area contributed by atoms with Crippen LogP contribution >= 0.6 is 0 Å². The lowest BCUT2D eigenvalue weighted by atomic mass is 10.1. The van der Waals surface area contributed by atoms with Gasteiger partial charge in [-0.25, -0.2) is 4.79 Å². The van der Waals surface area contributed by atoms with Crippen molar-refractivity contribution >= 4 is 17.8 Å². The summed E-state index contributed by atoms with van der Waals surface area (Å²) in [5.41, 5.74) is 1.09. The predicted octanol–water partition coefficient (Wildman–Crippen LogP) is 4.58. The highest BCUT2D eigenvalue weighted by Crippen LogP contribution is 2.17. The van der Waals surface area contributed by atoms with Crippen LogP contribution in [0.1, 0.15) is 42.6 Å². The topological polar surface area (TPSA) is 76.4 Å². The van der Waals surface area contributed by atoms with Crippen molar-refractivity contribution in [2.24, 2.45) is 0 Å². The normalized spacial score (nSPS) is 10.8. The molecule has 0 aliphatic carbocycles. The van der Waals surface area contributed by atoms with Gasteiger partial charge in [0.15, 0.2) is 5.78 Å². The highest BCUT2D eigenvalue weighted by molar-refractivity contribution is 5.99. The number of ketones is 1. The Morgan fingerprint density at radius 3 is 2.22 bits per heavy atom. The van der Waals surface area contributed by atoms with Crippen molar-refractivity contribution in [3.8, 4) is 17.6 Å². The van der Waals surface area contributed by atoms with E-state index in [1.807, 2.05) is 6.07 Å². The highest BCUT2D eigenvalue weighted by Gasteiger charge is 2.12. The van der Waals surface area contributed by atoms with Crippen LogP contribution in [-0.2, 0) is 4.79 Å². The van der Waals surface area contributed by atoms with E-state index >= 15 is 0 Å². The summed E-state index contributed by atoms with van der Waals surface area (Å²) in [5, 5.41) is 9.26. The summed E-state index contributed by atoms with van der Waals surface area (Å²) >= 11 is 0. The molecule has 0 aliphatic rings. The molecule has 0 fully saturated rings. The van der Waals surface area contributed by atoms with Crippen LogP contribution in [0, 0.1) is 11.3 Å². The molecule has 0 saturated heterocycles. The minimum Gasteiger partial charge on any atom is -0.494 e. The Morgan fingerprint density at radius 2 is 1.67 bits per heavy atom. The van der Waals surface area contributed by atoms with Gasteiger partial charge in [-0.2, -0.15) is 5.26 Å². The van der Waals surface area contributed by atoms with Crippen molar-refractivity contribution in [1.29, 1.82) is 5.26 Å². The Labute approximate surface area is 158 Å². The third kappa shape index (κ3) is 6.12. The van der Waals surface area contributed by atoms with Gasteiger partial charge >= 0.3 is 5.97 Å². The zero-order valence-corrected chi connectivity index (χ0v) is 15.4. The molecule has 27 heavy (non-hydrogen) atoms. The summed E-state index contributed by atoms with van der Waals surface area (Å²) in [5.74, 6) is 0.182. The molecule has 5 heteroatoms. The first kappa shape index (κ1) is 19.9. The van der Waals surface area contributed by atoms with E-state index < -0.39 is 5.97 Å². The first-order valence-corrected chi connectivity index (χ1v) is 8.71. The van der Waals surface area contributed by atoms with Gasteiger partial charge in [0.1, 0.15) is 23.1 Å². The molecular formula is C22H21NO4. The molecule has 0 aliphatic heterocycles. The van der Waals surface area contributed by atoms with Crippen molar-refractivity contribution in [1.82, 2.24) is 0 Å². The number of esters is 1. The molecule has 2 aromatic carbocycles. The smallest absolute Gasteiger partial charge is 0.354 e. The van der Waals surface area contributed by atoms with E-state index in [0.717, 1.165) is 18.6 Å². The van der Waals surface area contributed by atoms with Gasteiger partial charge in [-0.1, -0.05) is 25.5 Å². The maximum atomic E-state index is 12.2.